The van der Waals surface area contributed by atoms with Gasteiger partial charge in [-0.25, -0.2) is 15.0 Å². The molecule has 0 bridgehead atoms. The minimum atomic E-state index is -0.189. The van der Waals surface area contributed by atoms with Crippen molar-refractivity contribution in [1.29, 1.82) is 0 Å². The number of phenolic OH excluding ortho intramolecular Hbond substituents is 1. The predicted molar refractivity (Wildman–Crippen MR) is 135 cm³/mol. The summed E-state index contributed by atoms with van der Waals surface area (Å²) in [7, 11) is 3.64. The average molecular weight is 475 g/mol. The number of hydrogen-bond acceptors (Lipinski definition) is 8. The molecule has 0 spiro atoms. The van der Waals surface area contributed by atoms with Gasteiger partial charge in [-0.1, -0.05) is 0 Å². The van der Waals surface area contributed by atoms with Crippen molar-refractivity contribution >= 4 is 22.6 Å². The van der Waals surface area contributed by atoms with E-state index < -0.39 is 0 Å². The molecule has 0 unspecified atom stereocenters. The summed E-state index contributed by atoms with van der Waals surface area (Å²) >= 11 is 0. The highest BCUT2D eigenvalue weighted by atomic mass is 16.3. The second kappa shape index (κ2) is 10.5. The van der Waals surface area contributed by atoms with E-state index in [0.717, 1.165) is 30.9 Å². The highest BCUT2D eigenvalue weighted by Gasteiger charge is 2.20. The van der Waals surface area contributed by atoms with Crippen LogP contribution in [-0.2, 0) is 13.1 Å². The Balaban J connectivity index is 1.67. The molecule has 0 saturated carbocycles. The van der Waals surface area contributed by atoms with E-state index in [-0.39, 0.29) is 11.7 Å². The topological polar surface area (TPSA) is 121 Å². The van der Waals surface area contributed by atoms with Crippen LogP contribution in [0, 0.1) is 6.92 Å². The van der Waals surface area contributed by atoms with Gasteiger partial charge in [0.2, 0.25) is 0 Å². The smallest absolute Gasteiger partial charge is 0.254 e. The third kappa shape index (κ3) is 5.22. The van der Waals surface area contributed by atoms with Crippen LogP contribution in [0.1, 0.15) is 28.5 Å². The van der Waals surface area contributed by atoms with E-state index in [4.69, 9.17) is 0 Å². The van der Waals surface area contributed by atoms with Crippen LogP contribution >= 0.6 is 0 Å². The molecule has 3 N–H and O–H groups in total. The monoisotopic (exact) mass is 474 g/mol. The van der Waals surface area contributed by atoms with Gasteiger partial charge in [-0.3, -0.25) is 9.48 Å². The number of nitrogens with one attached hydrogen (secondary N) is 2. The second-order valence-corrected chi connectivity index (χ2v) is 8.31. The number of benzene rings is 1. The number of fused-ring (bicyclic) bond motifs is 1. The van der Waals surface area contributed by atoms with Gasteiger partial charge in [0.05, 0.1) is 35.4 Å². The van der Waals surface area contributed by atoms with E-state index >= 15 is 0 Å². The number of carbonyl (C=O) groups is 1. The predicted octanol–water partition coefficient (Wildman–Crippen LogP) is 2.83. The first kappa shape index (κ1) is 24.1. The Labute approximate surface area is 204 Å². The number of aryl methyl sites for hydroxylation is 1. The van der Waals surface area contributed by atoms with Crippen LogP contribution in [0.3, 0.4) is 0 Å². The molecule has 0 aliphatic heterocycles. The van der Waals surface area contributed by atoms with Crippen LogP contribution in [-0.4, -0.2) is 67.8 Å². The maximum Gasteiger partial charge on any atom is 0.254 e. The summed E-state index contributed by atoms with van der Waals surface area (Å²) in [5.74, 6) is 0.542. The highest BCUT2D eigenvalue weighted by molar-refractivity contribution is 6.07. The van der Waals surface area contributed by atoms with E-state index in [0.29, 0.717) is 40.2 Å². The number of phenols is 1. The molecule has 0 aliphatic carbocycles. The number of carbonyl (C=O) groups excluding carboxylic acids is 1. The molecule has 0 fully saturated rings. The molecular formula is C25H30N8O2. The molecule has 1 amide bonds. The third-order valence-corrected chi connectivity index (χ3v) is 5.88. The molecule has 3 aromatic heterocycles. The second-order valence-electron chi connectivity index (χ2n) is 8.31. The van der Waals surface area contributed by atoms with Gasteiger partial charge < -0.3 is 20.6 Å². The van der Waals surface area contributed by atoms with Gasteiger partial charge >= 0.3 is 0 Å². The Bertz CT molecular complexity index is 1330. The van der Waals surface area contributed by atoms with Crippen LogP contribution in [0.5, 0.6) is 5.75 Å². The Hall–Kier alpha value is -4.05. The van der Waals surface area contributed by atoms with Crippen LogP contribution in [0.4, 0.5) is 5.82 Å². The Morgan fingerprint density at radius 3 is 2.63 bits per heavy atom. The third-order valence-electron chi connectivity index (χ3n) is 5.88. The fourth-order valence-electron chi connectivity index (χ4n) is 3.88. The summed E-state index contributed by atoms with van der Waals surface area (Å²) in [6, 6.07) is 6.52. The number of hydrogen-bond donors (Lipinski definition) is 3. The highest BCUT2D eigenvalue weighted by Crippen LogP contribution is 2.28. The fraction of sp³-hybridized carbons (Fsp3) is 0.320. The first-order chi connectivity index (χ1) is 16.9. The minimum Gasteiger partial charge on any atom is -0.508 e. The van der Waals surface area contributed by atoms with Crippen molar-refractivity contribution in [3.05, 3.63) is 59.7 Å². The van der Waals surface area contributed by atoms with Gasteiger partial charge in [0, 0.05) is 49.9 Å². The summed E-state index contributed by atoms with van der Waals surface area (Å²) < 4.78 is 1.90. The first-order valence-electron chi connectivity index (χ1n) is 11.5. The molecule has 4 rings (SSSR count). The van der Waals surface area contributed by atoms with Gasteiger partial charge in [-0.15, -0.1) is 0 Å². The molecule has 35 heavy (non-hydrogen) atoms. The van der Waals surface area contributed by atoms with Crippen LogP contribution < -0.4 is 10.6 Å². The molecule has 4 aromatic rings. The molecule has 0 saturated heterocycles. The maximum absolute atomic E-state index is 13.6. The van der Waals surface area contributed by atoms with Crippen molar-refractivity contribution in [3.63, 3.8) is 0 Å². The molecule has 10 nitrogen and oxygen atoms in total. The number of likely N-dealkylation sites (N-methyl/N-ethyl adjacent to an activating group) is 1. The average Bonchev–Trinajstić information content (AvgIpc) is 3.22. The number of anilines is 1. The van der Waals surface area contributed by atoms with Crippen molar-refractivity contribution in [2.24, 2.45) is 0 Å². The summed E-state index contributed by atoms with van der Waals surface area (Å²) in [5.41, 5.74) is 4.12. The van der Waals surface area contributed by atoms with Gasteiger partial charge in [-0.05, 0) is 45.2 Å². The Morgan fingerprint density at radius 2 is 1.94 bits per heavy atom. The van der Waals surface area contributed by atoms with Gasteiger partial charge in [0.1, 0.15) is 17.3 Å². The molecule has 3 heterocycles. The molecule has 10 heteroatoms. The minimum absolute atomic E-state index is 0.0700. The van der Waals surface area contributed by atoms with Crippen LogP contribution in [0.15, 0.2) is 42.9 Å². The zero-order chi connectivity index (χ0) is 24.9. The van der Waals surface area contributed by atoms with E-state index in [1.165, 1.54) is 0 Å². The Kier molecular flexibility index (Phi) is 7.21. The van der Waals surface area contributed by atoms with Crippen molar-refractivity contribution < 1.29 is 9.90 Å². The summed E-state index contributed by atoms with van der Waals surface area (Å²) in [6.45, 7) is 6.74. The van der Waals surface area contributed by atoms with Gasteiger partial charge in [0.15, 0.2) is 0 Å². The normalized spacial score (nSPS) is 11.1. The van der Waals surface area contributed by atoms with Crippen molar-refractivity contribution in [2.45, 2.75) is 26.9 Å². The van der Waals surface area contributed by atoms with Crippen LogP contribution in [0.2, 0.25) is 0 Å². The zero-order valence-electron chi connectivity index (χ0n) is 20.4. The van der Waals surface area contributed by atoms with Gasteiger partial charge in [-0.2, -0.15) is 5.10 Å². The van der Waals surface area contributed by atoms with E-state index in [1.54, 1.807) is 54.8 Å². The van der Waals surface area contributed by atoms with E-state index in [1.807, 2.05) is 25.6 Å². The first-order valence-corrected chi connectivity index (χ1v) is 11.5. The maximum atomic E-state index is 13.6. The lowest BCUT2D eigenvalue weighted by atomic mass is 10.0. The van der Waals surface area contributed by atoms with Gasteiger partial charge in [0.25, 0.3) is 5.91 Å². The standard InChI is InChI=1S/C25H30N8O2/c1-5-33-16(2)17(12-30-33)15-32(4)25(35)20-11-22(31-21-7-6-18(34)10-19(20)21)23-13-29-24(14-28-23)27-9-8-26-3/h6-7,10-14,26,34H,5,8-9,15H2,1-4H3,(H,27,29). The molecule has 0 atom stereocenters. The number of aromatic hydroxyl groups is 1. The fourth-order valence-corrected chi connectivity index (χ4v) is 3.88. The summed E-state index contributed by atoms with van der Waals surface area (Å²) in [4.78, 5) is 28.8. The molecular weight excluding hydrogens is 444 g/mol. The number of amides is 1. The lowest BCUT2D eigenvalue weighted by Crippen LogP contribution is -2.26. The van der Waals surface area contributed by atoms with Crippen molar-refractivity contribution in [3.8, 4) is 17.1 Å². The zero-order valence-corrected chi connectivity index (χ0v) is 20.4. The lowest BCUT2D eigenvalue weighted by Gasteiger charge is -2.19. The number of nitrogens with zero attached hydrogens (tertiary/aromatic N) is 6. The van der Waals surface area contributed by atoms with E-state index in [9.17, 15) is 9.90 Å². The van der Waals surface area contributed by atoms with E-state index in [2.05, 4.69) is 30.7 Å². The lowest BCUT2D eigenvalue weighted by molar-refractivity contribution is 0.0787. The Morgan fingerprint density at radius 1 is 1.11 bits per heavy atom. The largest absolute Gasteiger partial charge is 0.508 e. The van der Waals surface area contributed by atoms with Crippen LogP contribution in [0.25, 0.3) is 22.3 Å². The SMILES string of the molecule is CCn1ncc(CN(C)C(=O)c2cc(-c3cnc(NCCNC)cn3)nc3ccc(O)cc23)c1C. The quantitative estimate of drug-likeness (QED) is 0.317. The van der Waals surface area contributed by atoms with Crippen molar-refractivity contribution in [2.75, 3.05) is 32.5 Å². The number of aromatic nitrogens is 5. The molecule has 0 radical (unpaired) electrons. The molecule has 1 aromatic carbocycles. The molecule has 182 valence electrons. The van der Waals surface area contributed by atoms with Crippen molar-refractivity contribution in [1.82, 2.24) is 34.9 Å². The number of pyridine rings is 1. The summed E-state index contributed by atoms with van der Waals surface area (Å²) in [5, 5.41) is 21.3. The number of rotatable bonds is 9. The summed E-state index contributed by atoms with van der Waals surface area (Å²) in [6.07, 6.45) is 5.08. The molecule has 0 aliphatic rings.